The second kappa shape index (κ2) is 13.4. The molecule has 3 rings (SSSR count). The molecule has 0 bridgehead atoms. The quantitative estimate of drug-likeness (QED) is 0.362. The Kier molecular flexibility index (Phi) is 10.2. The molecule has 0 aliphatic carbocycles. The molecule has 166 valence electrons. The Balaban J connectivity index is 1.33. The fourth-order valence-electron chi connectivity index (χ4n) is 3.79. The Morgan fingerprint density at radius 3 is 2.80 bits per heavy atom. The monoisotopic (exact) mass is 414 g/mol. The standard InChI is InChI=1S/C24H38N4O2/c1-2-25-24(26-12-7-18-29-20-23-11-19-30-21-23)28-16-14-27(15-17-28)13-6-10-22-8-4-3-5-9-22/h3-6,8-10,23H,2,7,11-21H2,1H3,(H,25,26)/b10-6+. The van der Waals surface area contributed by atoms with Crippen molar-refractivity contribution in [3.05, 3.63) is 42.0 Å². The Morgan fingerprint density at radius 2 is 2.07 bits per heavy atom. The van der Waals surface area contributed by atoms with Gasteiger partial charge in [-0.2, -0.15) is 0 Å². The number of guanidine groups is 1. The van der Waals surface area contributed by atoms with Crippen molar-refractivity contribution < 1.29 is 9.47 Å². The lowest BCUT2D eigenvalue weighted by Crippen LogP contribution is -2.52. The smallest absolute Gasteiger partial charge is 0.194 e. The summed E-state index contributed by atoms with van der Waals surface area (Å²) in [4.78, 5) is 9.71. The van der Waals surface area contributed by atoms with Crippen LogP contribution in [0, 0.1) is 5.92 Å². The highest BCUT2D eigenvalue weighted by molar-refractivity contribution is 5.80. The van der Waals surface area contributed by atoms with Crippen molar-refractivity contribution in [2.24, 2.45) is 10.9 Å². The SMILES string of the molecule is CCNC(=NCCCOCC1CCOC1)N1CCN(C/C=C/c2ccccc2)CC1. The lowest BCUT2D eigenvalue weighted by atomic mass is 10.1. The maximum Gasteiger partial charge on any atom is 0.194 e. The van der Waals surface area contributed by atoms with Crippen LogP contribution in [0.3, 0.4) is 0 Å². The van der Waals surface area contributed by atoms with Gasteiger partial charge in [0.05, 0.1) is 13.2 Å². The average molecular weight is 415 g/mol. The Bertz CT molecular complexity index is 636. The van der Waals surface area contributed by atoms with E-state index < -0.39 is 0 Å². The fraction of sp³-hybridized carbons (Fsp3) is 0.625. The van der Waals surface area contributed by atoms with Crippen LogP contribution in [0.25, 0.3) is 6.08 Å². The normalized spacial score (nSPS) is 20.9. The second-order valence-electron chi connectivity index (χ2n) is 7.99. The molecule has 1 aromatic carbocycles. The van der Waals surface area contributed by atoms with Gasteiger partial charge in [-0.1, -0.05) is 42.5 Å². The third-order valence-corrected chi connectivity index (χ3v) is 5.57. The zero-order valence-electron chi connectivity index (χ0n) is 18.5. The molecule has 0 aromatic heterocycles. The number of hydrogen-bond acceptors (Lipinski definition) is 4. The summed E-state index contributed by atoms with van der Waals surface area (Å²) >= 11 is 0. The number of ether oxygens (including phenoxy) is 2. The van der Waals surface area contributed by atoms with Crippen molar-refractivity contribution in [1.29, 1.82) is 0 Å². The first kappa shape index (κ1) is 22.8. The van der Waals surface area contributed by atoms with Crippen molar-refractivity contribution in [3.8, 4) is 0 Å². The summed E-state index contributed by atoms with van der Waals surface area (Å²) in [7, 11) is 0. The third kappa shape index (κ3) is 8.09. The lowest BCUT2D eigenvalue weighted by molar-refractivity contribution is 0.0892. The van der Waals surface area contributed by atoms with Crippen LogP contribution >= 0.6 is 0 Å². The summed E-state index contributed by atoms with van der Waals surface area (Å²) in [5.74, 6) is 1.63. The Morgan fingerprint density at radius 1 is 1.23 bits per heavy atom. The number of nitrogens with zero attached hydrogens (tertiary/aromatic N) is 3. The molecule has 0 spiro atoms. The van der Waals surface area contributed by atoms with Crippen LogP contribution in [-0.2, 0) is 9.47 Å². The molecule has 2 aliphatic rings. The second-order valence-corrected chi connectivity index (χ2v) is 7.99. The van der Waals surface area contributed by atoms with Crippen LogP contribution in [0.1, 0.15) is 25.3 Å². The highest BCUT2D eigenvalue weighted by Gasteiger charge is 2.18. The van der Waals surface area contributed by atoms with Gasteiger partial charge in [0.25, 0.3) is 0 Å². The van der Waals surface area contributed by atoms with Crippen LogP contribution in [0.4, 0.5) is 0 Å². The van der Waals surface area contributed by atoms with Crippen LogP contribution < -0.4 is 5.32 Å². The van der Waals surface area contributed by atoms with E-state index >= 15 is 0 Å². The van der Waals surface area contributed by atoms with E-state index in [0.29, 0.717) is 5.92 Å². The topological polar surface area (TPSA) is 49.3 Å². The molecule has 2 fully saturated rings. The molecule has 1 N–H and O–H groups in total. The van der Waals surface area contributed by atoms with Gasteiger partial charge in [0.2, 0.25) is 0 Å². The van der Waals surface area contributed by atoms with E-state index in [-0.39, 0.29) is 0 Å². The lowest BCUT2D eigenvalue weighted by Gasteiger charge is -2.36. The van der Waals surface area contributed by atoms with E-state index in [1.54, 1.807) is 0 Å². The van der Waals surface area contributed by atoms with Crippen LogP contribution in [0.2, 0.25) is 0 Å². The van der Waals surface area contributed by atoms with Crippen molar-refractivity contribution in [2.45, 2.75) is 19.8 Å². The van der Waals surface area contributed by atoms with Crippen molar-refractivity contribution >= 4 is 12.0 Å². The fourth-order valence-corrected chi connectivity index (χ4v) is 3.79. The number of rotatable bonds is 10. The molecule has 0 saturated carbocycles. The number of benzene rings is 1. The van der Waals surface area contributed by atoms with E-state index in [4.69, 9.17) is 14.5 Å². The molecule has 30 heavy (non-hydrogen) atoms. The molecule has 2 heterocycles. The van der Waals surface area contributed by atoms with Gasteiger partial charge in [0, 0.05) is 64.9 Å². The van der Waals surface area contributed by atoms with Gasteiger partial charge in [-0.05, 0) is 25.3 Å². The largest absolute Gasteiger partial charge is 0.381 e. The van der Waals surface area contributed by atoms with Crippen molar-refractivity contribution in [3.63, 3.8) is 0 Å². The minimum Gasteiger partial charge on any atom is -0.381 e. The van der Waals surface area contributed by atoms with Gasteiger partial charge < -0.3 is 19.7 Å². The molecule has 2 saturated heterocycles. The maximum absolute atomic E-state index is 5.79. The van der Waals surface area contributed by atoms with Gasteiger partial charge in [-0.25, -0.2) is 0 Å². The minimum absolute atomic E-state index is 0.588. The van der Waals surface area contributed by atoms with Gasteiger partial charge in [-0.15, -0.1) is 0 Å². The van der Waals surface area contributed by atoms with E-state index in [0.717, 1.165) is 91.0 Å². The summed E-state index contributed by atoms with van der Waals surface area (Å²) < 4.78 is 11.2. The summed E-state index contributed by atoms with van der Waals surface area (Å²) in [5.41, 5.74) is 1.26. The molecule has 0 amide bonds. The average Bonchev–Trinajstić information content (AvgIpc) is 3.30. The summed E-state index contributed by atoms with van der Waals surface area (Å²) in [6.45, 7) is 12.4. The number of aliphatic imine (C=N–C) groups is 1. The predicted molar refractivity (Wildman–Crippen MR) is 124 cm³/mol. The van der Waals surface area contributed by atoms with E-state index in [1.165, 1.54) is 5.56 Å². The molecule has 1 aromatic rings. The van der Waals surface area contributed by atoms with Crippen molar-refractivity contribution in [2.75, 3.05) is 72.2 Å². The first-order valence-electron chi connectivity index (χ1n) is 11.5. The molecular weight excluding hydrogens is 376 g/mol. The van der Waals surface area contributed by atoms with E-state index in [1.807, 2.05) is 0 Å². The minimum atomic E-state index is 0.588. The van der Waals surface area contributed by atoms with Gasteiger partial charge in [0.15, 0.2) is 5.96 Å². The van der Waals surface area contributed by atoms with Gasteiger partial charge in [0.1, 0.15) is 0 Å². The molecule has 6 heteroatoms. The van der Waals surface area contributed by atoms with E-state index in [2.05, 4.69) is 64.5 Å². The predicted octanol–water partition coefficient (Wildman–Crippen LogP) is 2.73. The zero-order valence-corrected chi connectivity index (χ0v) is 18.5. The highest BCUT2D eigenvalue weighted by atomic mass is 16.5. The molecule has 1 unspecified atom stereocenters. The van der Waals surface area contributed by atoms with Crippen LogP contribution in [0.15, 0.2) is 41.4 Å². The Hall–Kier alpha value is -1.89. The molecular formula is C24H38N4O2. The number of piperazine rings is 1. The third-order valence-electron chi connectivity index (χ3n) is 5.57. The number of hydrogen-bond donors (Lipinski definition) is 1. The molecule has 6 nitrogen and oxygen atoms in total. The summed E-state index contributed by atoms with van der Waals surface area (Å²) in [5, 5.41) is 3.45. The first-order chi connectivity index (χ1) is 14.8. The van der Waals surface area contributed by atoms with E-state index in [9.17, 15) is 0 Å². The number of nitrogens with one attached hydrogen (secondary N) is 1. The maximum atomic E-state index is 5.79. The van der Waals surface area contributed by atoms with Crippen LogP contribution in [-0.4, -0.2) is 88.0 Å². The molecule has 1 atom stereocenters. The summed E-state index contributed by atoms with van der Waals surface area (Å²) in [6.07, 6.45) is 6.57. The molecule has 0 radical (unpaired) electrons. The summed E-state index contributed by atoms with van der Waals surface area (Å²) in [6, 6.07) is 10.5. The molecule has 2 aliphatic heterocycles. The Labute approximate surface area is 181 Å². The van der Waals surface area contributed by atoms with Gasteiger partial charge in [-0.3, -0.25) is 9.89 Å². The van der Waals surface area contributed by atoms with Gasteiger partial charge >= 0.3 is 0 Å². The highest BCUT2D eigenvalue weighted by Crippen LogP contribution is 2.12. The van der Waals surface area contributed by atoms with Crippen molar-refractivity contribution in [1.82, 2.24) is 15.1 Å². The zero-order chi connectivity index (χ0) is 20.9. The van der Waals surface area contributed by atoms with Crippen LogP contribution in [0.5, 0.6) is 0 Å². The first-order valence-corrected chi connectivity index (χ1v) is 11.5.